The van der Waals surface area contributed by atoms with Crippen LogP contribution in [0.5, 0.6) is 0 Å². The van der Waals surface area contributed by atoms with Crippen LogP contribution in [0.15, 0.2) is 60.7 Å². The summed E-state index contributed by atoms with van der Waals surface area (Å²) < 4.78 is 0. The number of fused-ring (bicyclic) bond motifs is 3. The number of anilines is 1. The minimum atomic E-state index is -0.325. The fourth-order valence-corrected chi connectivity index (χ4v) is 6.06. The molecule has 3 fully saturated rings. The minimum Gasteiger partial charge on any atom is -0.282 e. The van der Waals surface area contributed by atoms with Crippen LogP contribution in [0.25, 0.3) is 6.08 Å². The molecular weight excluding hydrogens is 392 g/mol. The molecule has 6 heteroatoms. The first kappa shape index (κ1) is 18.0. The van der Waals surface area contributed by atoms with Gasteiger partial charge in [-0.1, -0.05) is 54.1 Å². The molecule has 0 bridgehead atoms. The lowest BCUT2D eigenvalue weighted by Gasteiger charge is -2.25. The van der Waals surface area contributed by atoms with Crippen molar-refractivity contribution < 1.29 is 9.59 Å². The van der Waals surface area contributed by atoms with Gasteiger partial charge in [-0.15, -0.1) is 11.8 Å². The van der Waals surface area contributed by atoms with Gasteiger partial charge in [0.05, 0.1) is 17.5 Å². The first-order valence-corrected chi connectivity index (χ1v) is 10.9. The summed E-state index contributed by atoms with van der Waals surface area (Å²) in [6.07, 6.45) is 4.17. The van der Waals surface area contributed by atoms with Crippen molar-refractivity contribution in [2.75, 3.05) is 16.5 Å². The van der Waals surface area contributed by atoms with Gasteiger partial charge in [-0.3, -0.25) is 14.5 Å². The van der Waals surface area contributed by atoms with E-state index < -0.39 is 0 Å². The number of thioether (sulfide) groups is 1. The third kappa shape index (κ3) is 2.81. The molecule has 0 aliphatic carbocycles. The molecule has 0 radical (unpaired) electrons. The highest BCUT2D eigenvalue weighted by Crippen LogP contribution is 2.48. The number of nitrogens with zero attached hydrogens (tertiary/aromatic N) is 2. The van der Waals surface area contributed by atoms with Crippen molar-refractivity contribution in [2.45, 2.75) is 12.1 Å². The highest BCUT2D eigenvalue weighted by Gasteiger charge is 2.62. The van der Waals surface area contributed by atoms with Gasteiger partial charge < -0.3 is 0 Å². The summed E-state index contributed by atoms with van der Waals surface area (Å²) in [5.74, 6) is 0.982. The van der Waals surface area contributed by atoms with Gasteiger partial charge in [-0.25, -0.2) is 4.90 Å². The van der Waals surface area contributed by atoms with Crippen LogP contribution in [0.4, 0.5) is 5.69 Å². The Hall–Kier alpha value is -2.08. The Labute approximate surface area is 173 Å². The predicted molar refractivity (Wildman–Crippen MR) is 113 cm³/mol. The van der Waals surface area contributed by atoms with Crippen LogP contribution >= 0.6 is 23.4 Å². The van der Waals surface area contributed by atoms with Crippen molar-refractivity contribution in [1.82, 2.24) is 4.90 Å². The number of carbonyl (C=O) groups excluding carboxylic acids is 2. The largest absolute Gasteiger partial charge is 0.282 e. The Morgan fingerprint density at radius 1 is 0.964 bits per heavy atom. The molecular formula is C22H19ClN2O2S. The number of hydrogen-bond donors (Lipinski definition) is 0. The monoisotopic (exact) mass is 410 g/mol. The molecule has 0 saturated carbocycles. The maximum Gasteiger partial charge on any atom is 0.239 e. The van der Waals surface area contributed by atoms with E-state index in [0.29, 0.717) is 10.7 Å². The molecule has 2 aromatic rings. The molecule has 28 heavy (non-hydrogen) atoms. The number of carbonyl (C=O) groups is 2. The van der Waals surface area contributed by atoms with Gasteiger partial charge >= 0.3 is 0 Å². The number of rotatable bonds is 3. The molecule has 3 heterocycles. The third-order valence-electron chi connectivity index (χ3n) is 5.89. The van der Waals surface area contributed by atoms with Crippen molar-refractivity contribution in [1.29, 1.82) is 0 Å². The predicted octanol–water partition coefficient (Wildman–Crippen LogP) is 3.92. The van der Waals surface area contributed by atoms with Crippen molar-refractivity contribution in [3.8, 4) is 0 Å². The zero-order chi connectivity index (χ0) is 19.3. The normalized spacial score (nSPS) is 29.7. The highest BCUT2D eigenvalue weighted by atomic mass is 35.5. The summed E-state index contributed by atoms with van der Waals surface area (Å²) >= 11 is 7.81. The second kappa shape index (κ2) is 7.07. The molecule has 3 saturated heterocycles. The first-order chi connectivity index (χ1) is 13.6. The number of halogens is 1. The number of benzene rings is 2. The van der Waals surface area contributed by atoms with Crippen LogP contribution in [0.3, 0.4) is 0 Å². The molecule has 142 valence electrons. The topological polar surface area (TPSA) is 40.6 Å². The Bertz CT molecular complexity index is 947. The first-order valence-electron chi connectivity index (χ1n) is 9.35. The van der Waals surface area contributed by atoms with Gasteiger partial charge in [0.1, 0.15) is 0 Å². The Kier molecular flexibility index (Phi) is 4.54. The van der Waals surface area contributed by atoms with E-state index in [4.69, 9.17) is 11.6 Å². The van der Waals surface area contributed by atoms with Crippen LogP contribution < -0.4 is 4.90 Å². The lowest BCUT2D eigenvalue weighted by atomic mass is 9.89. The highest BCUT2D eigenvalue weighted by molar-refractivity contribution is 7.99. The van der Waals surface area contributed by atoms with Gasteiger partial charge in [0, 0.05) is 28.7 Å². The van der Waals surface area contributed by atoms with E-state index in [1.165, 1.54) is 4.90 Å². The van der Waals surface area contributed by atoms with Crippen LogP contribution in [0, 0.1) is 11.8 Å². The summed E-state index contributed by atoms with van der Waals surface area (Å²) in [6.45, 7) is 0. The van der Waals surface area contributed by atoms with Crippen LogP contribution in [0.1, 0.15) is 5.56 Å². The summed E-state index contributed by atoms with van der Waals surface area (Å²) in [5.41, 5.74) is 1.71. The summed E-state index contributed by atoms with van der Waals surface area (Å²) in [4.78, 5) is 30.3. The summed E-state index contributed by atoms with van der Waals surface area (Å²) in [7, 11) is 0. The van der Waals surface area contributed by atoms with Crippen molar-refractivity contribution >= 4 is 46.9 Å². The number of imide groups is 1. The summed E-state index contributed by atoms with van der Waals surface area (Å²) in [5, 5.41) is 0.588. The fourth-order valence-electron chi connectivity index (χ4n) is 4.62. The molecule has 4 atom stereocenters. The maximum absolute atomic E-state index is 13.3. The van der Waals surface area contributed by atoms with E-state index in [1.807, 2.05) is 42.1 Å². The van der Waals surface area contributed by atoms with Gasteiger partial charge in [0.25, 0.3) is 0 Å². The molecule has 3 aliphatic rings. The van der Waals surface area contributed by atoms with Crippen molar-refractivity contribution in [3.63, 3.8) is 0 Å². The zero-order valence-electron chi connectivity index (χ0n) is 15.1. The van der Waals surface area contributed by atoms with Gasteiger partial charge in [-0.2, -0.15) is 0 Å². The van der Waals surface area contributed by atoms with E-state index >= 15 is 0 Å². The summed E-state index contributed by atoms with van der Waals surface area (Å²) in [6, 6.07) is 17.1. The van der Waals surface area contributed by atoms with Crippen LogP contribution in [0.2, 0.25) is 5.02 Å². The van der Waals surface area contributed by atoms with E-state index in [9.17, 15) is 9.59 Å². The Balaban J connectivity index is 1.50. The molecule has 4 nitrogen and oxygen atoms in total. The zero-order valence-corrected chi connectivity index (χ0v) is 16.6. The van der Waals surface area contributed by atoms with Crippen molar-refractivity contribution in [2.24, 2.45) is 11.8 Å². The third-order valence-corrected chi connectivity index (χ3v) is 7.20. The fraction of sp³-hybridized carbons (Fsp3) is 0.273. The molecule has 0 unspecified atom stereocenters. The molecule has 0 N–H and O–H groups in total. The molecule has 2 aromatic carbocycles. The molecule has 5 rings (SSSR count). The minimum absolute atomic E-state index is 0.0565. The van der Waals surface area contributed by atoms with Gasteiger partial charge in [0.2, 0.25) is 11.8 Å². The van der Waals surface area contributed by atoms with Crippen LogP contribution in [-0.2, 0) is 9.59 Å². The average molecular weight is 411 g/mol. The molecule has 3 aliphatic heterocycles. The van der Waals surface area contributed by atoms with E-state index in [-0.39, 0.29) is 35.7 Å². The van der Waals surface area contributed by atoms with E-state index in [1.54, 1.807) is 24.3 Å². The lowest BCUT2D eigenvalue weighted by molar-refractivity contribution is -0.123. The van der Waals surface area contributed by atoms with Crippen LogP contribution in [-0.4, -0.2) is 40.4 Å². The van der Waals surface area contributed by atoms with Gasteiger partial charge in [-0.05, 0) is 29.8 Å². The molecule has 2 amide bonds. The van der Waals surface area contributed by atoms with E-state index in [0.717, 1.165) is 17.2 Å². The second-order valence-corrected chi connectivity index (χ2v) is 8.82. The quantitative estimate of drug-likeness (QED) is 0.719. The van der Waals surface area contributed by atoms with Gasteiger partial charge in [0.15, 0.2) is 0 Å². The average Bonchev–Trinajstić information content (AvgIpc) is 3.35. The standard InChI is InChI=1S/C22H19ClN2O2S/c23-15-7-9-16(10-8-15)25-21(26)19-17(11-6-14-4-2-1-3-5-14)24-13-28-12-18(24)20(19)22(25)27/h1-11,17-20H,12-13H2/b11-6+/t17-,18+,19-,20-/m0/s1. The second-order valence-electron chi connectivity index (χ2n) is 7.38. The van der Waals surface area contributed by atoms with E-state index in [2.05, 4.69) is 17.1 Å². The smallest absolute Gasteiger partial charge is 0.239 e. The number of amides is 2. The Morgan fingerprint density at radius 3 is 2.43 bits per heavy atom. The SMILES string of the molecule is O=C1[C@@H]2[C@@H](C(=O)N1c1ccc(Cl)cc1)[C@H](/C=C/c1ccccc1)N1CSC[C@H]21. The number of hydrogen-bond acceptors (Lipinski definition) is 4. The lowest BCUT2D eigenvalue weighted by Crippen LogP contribution is -2.42. The Morgan fingerprint density at radius 2 is 1.68 bits per heavy atom. The molecule has 0 aromatic heterocycles. The maximum atomic E-state index is 13.3. The molecule has 0 spiro atoms. The van der Waals surface area contributed by atoms with Crippen molar-refractivity contribution in [3.05, 3.63) is 71.3 Å².